The number of primary amides is 1. The molecule has 0 spiro atoms. The van der Waals surface area contributed by atoms with Gasteiger partial charge in [0.05, 0.1) is 5.69 Å². The molecule has 0 aliphatic rings. The summed E-state index contributed by atoms with van der Waals surface area (Å²) < 4.78 is 0. The fraction of sp³-hybridized carbons (Fsp3) is 0.300. The van der Waals surface area contributed by atoms with Crippen molar-refractivity contribution < 1.29 is 9.59 Å². The van der Waals surface area contributed by atoms with Crippen molar-refractivity contribution in [2.24, 2.45) is 5.73 Å². The van der Waals surface area contributed by atoms with E-state index in [-0.39, 0.29) is 11.4 Å². The molecule has 0 saturated carbocycles. The standard InChI is InChI=1S/C10H14N4O2/c1-10(2,9(12)16)14-8(15)7-6(11)4-3-5-13-7/h3-5H,11H2,1-2H3,(H2,12,16)(H,14,15). The number of nitrogens with two attached hydrogens (primary N) is 2. The lowest BCUT2D eigenvalue weighted by Gasteiger charge is -2.22. The zero-order valence-electron chi connectivity index (χ0n) is 9.15. The number of aromatic nitrogens is 1. The smallest absolute Gasteiger partial charge is 0.272 e. The Balaban J connectivity index is 2.89. The summed E-state index contributed by atoms with van der Waals surface area (Å²) >= 11 is 0. The Hall–Kier alpha value is -2.11. The minimum absolute atomic E-state index is 0.0804. The van der Waals surface area contributed by atoms with Gasteiger partial charge in [-0.3, -0.25) is 9.59 Å². The first-order chi connectivity index (χ1) is 7.34. The molecule has 6 nitrogen and oxygen atoms in total. The fourth-order valence-corrected chi connectivity index (χ4v) is 1.01. The van der Waals surface area contributed by atoms with Crippen LogP contribution >= 0.6 is 0 Å². The molecule has 86 valence electrons. The molecular formula is C10H14N4O2. The summed E-state index contributed by atoms with van der Waals surface area (Å²) in [6, 6.07) is 3.17. The van der Waals surface area contributed by atoms with Gasteiger partial charge >= 0.3 is 0 Å². The van der Waals surface area contributed by atoms with Crippen molar-refractivity contribution in [2.45, 2.75) is 19.4 Å². The second-order valence-corrected chi connectivity index (χ2v) is 3.88. The minimum atomic E-state index is -1.14. The second kappa shape index (κ2) is 4.18. The third kappa shape index (κ3) is 2.47. The monoisotopic (exact) mass is 222 g/mol. The van der Waals surface area contributed by atoms with E-state index >= 15 is 0 Å². The molecule has 0 aliphatic heterocycles. The lowest BCUT2D eigenvalue weighted by atomic mass is 10.0. The van der Waals surface area contributed by atoms with Crippen LogP contribution in [0.4, 0.5) is 5.69 Å². The number of carbonyl (C=O) groups excluding carboxylic acids is 2. The van der Waals surface area contributed by atoms with E-state index in [1.165, 1.54) is 20.0 Å². The number of hydrogen-bond acceptors (Lipinski definition) is 4. The van der Waals surface area contributed by atoms with Crippen LogP contribution in [0.1, 0.15) is 24.3 Å². The largest absolute Gasteiger partial charge is 0.397 e. The van der Waals surface area contributed by atoms with E-state index in [1.807, 2.05) is 0 Å². The van der Waals surface area contributed by atoms with Gasteiger partial charge < -0.3 is 16.8 Å². The SMILES string of the molecule is CC(C)(NC(=O)c1ncccc1N)C(N)=O. The van der Waals surface area contributed by atoms with Crippen LogP contribution in [0.5, 0.6) is 0 Å². The highest BCUT2D eigenvalue weighted by molar-refractivity contribution is 6.00. The highest BCUT2D eigenvalue weighted by atomic mass is 16.2. The van der Waals surface area contributed by atoms with Gasteiger partial charge in [-0.2, -0.15) is 0 Å². The van der Waals surface area contributed by atoms with Gasteiger partial charge in [0.2, 0.25) is 5.91 Å². The first-order valence-electron chi connectivity index (χ1n) is 4.67. The summed E-state index contributed by atoms with van der Waals surface area (Å²) in [5.41, 5.74) is 9.90. The molecule has 1 heterocycles. The van der Waals surface area contributed by atoms with Crippen molar-refractivity contribution in [3.05, 3.63) is 24.0 Å². The minimum Gasteiger partial charge on any atom is -0.397 e. The van der Waals surface area contributed by atoms with E-state index in [0.717, 1.165) is 0 Å². The maximum atomic E-state index is 11.7. The van der Waals surface area contributed by atoms with Crippen LogP contribution in [0.15, 0.2) is 18.3 Å². The number of nitrogens with zero attached hydrogens (tertiary/aromatic N) is 1. The second-order valence-electron chi connectivity index (χ2n) is 3.88. The van der Waals surface area contributed by atoms with E-state index < -0.39 is 17.4 Å². The van der Waals surface area contributed by atoms with Crippen LogP contribution in [-0.2, 0) is 4.79 Å². The number of anilines is 1. The number of nitrogen functional groups attached to an aromatic ring is 1. The number of nitrogens with one attached hydrogen (secondary N) is 1. The lowest BCUT2D eigenvalue weighted by molar-refractivity contribution is -0.122. The highest BCUT2D eigenvalue weighted by Gasteiger charge is 2.28. The average Bonchev–Trinajstić information content (AvgIpc) is 2.17. The Kier molecular flexibility index (Phi) is 3.12. The van der Waals surface area contributed by atoms with Gasteiger partial charge in [0.25, 0.3) is 5.91 Å². The predicted molar refractivity (Wildman–Crippen MR) is 59.4 cm³/mol. The molecule has 0 aromatic carbocycles. The summed E-state index contributed by atoms with van der Waals surface area (Å²) in [4.78, 5) is 26.6. The molecule has 1 aromatic rings. The molecule has 6 heteroatoms. The summed E-state index contributed by atoms with van der Waals surface area (Å²) in [6.45, 7) is 3.01. The van der Waals surface area contributed by atoms with Crippen molar-refractivity contribution in [3.63, 3.8) is 0 Å². The lowest BCUT2D eigenvalue weighted by Crippen LogP contribution is -2.53. The molecule has 0 saturated heterocycles. The Morgan fingerprint density at radius 2 is 2.06 bits per heavy atom. The summed E-state index contributed by atoms with van der Waals surface area (Å²) in [5, 5.41) is 2.46. The van der Waals surface area contributed by atoms with Crippen LogP contribution in [0.3, 0.4) is 0 Å². The van der Waals surface area contributed by atoms with Crippen molar-refractivity contribution >= 4 is 17.5 Å². The molecule has 2 amide bonds. The topological polar surface area (TPSA) is 111 Å². The van der Waals surface area contributed by atoms with Gasteiger partial charge in [0.1, 0.15) is 5.54 Å². The molecule has 0 radical (unpaired) electrons. The molecule has 1 rings (SSSR count). The first-order valence-corrected chi connectivity index (χ1v) is 4.67. The van der Waals surface area contributed by atoms with E-state index in [0.29, 0.717) is 0 Å². The Labute approximate surface area is 93.0 Å². The van der Waals surface area contributed by atoms with Crippen molar-refractivity contribution in [1.29, 1.82) is 0 Å². The molecule has 0 fully saturated rings. The molecule has 5 N–H and O–H groups in total. The van der Waals surface area contributed by atoms with Crippen LogP contribution in [0.25, 0.3) is 0 Å². The number of rotatable bonds is 3. The van der Waals surface area contributed by atoms with Gasteiger partial charge in [-0.15, -0.1) is 0 Å². The molecule has 0 atom stereocenters. The van der Waals surface area contributed by atoms with Gasteiger partial charge in [-0.05, 0) is 26.0 Å². The highest BCUT2D eigenvalue weighted by Crippen LogP contribution is 2.09. The number of amides is 2. The third-order valence-electron chi connectivity index (χ3n) is 2.10. The van der Waals surface area contributed by atoms with E-state index in [9.17, 15) is 9.59 Å². The number of hydrogen-bond donors (Lipinski definition) is 3. The van der Waals surface area contributed by atoms with E-state index in [4.69, 9.17) is 11.5 Å². The Morgan fingerprint density at radius 3 is 2.56 bits per heavy atom. The molecule has 0 aliphatic carbocycles. The van der Waals surface area contributed by atoms with E-state index in [2.05, 4.69) is 10.3 Å². The quantitative estimate of drug-likeness (QED) is 0.649. The van der Waals surface area contributed by atoms with Crippen LogP contribution < -0.4 is 16.8 Å². The summed E-state index contributed by atoms with van der Waals surface area (Å²) in [5.74, 6) is -1.16. The van der Waals surface area contributed by atoms with Crippen molar-refractivity contribution in [1.82, 2.24) is 10.3 Å². The van der Waals surface area contributed by atoms with Crippen LogP contribution in [-0.4, -0.2) is 22.3 Å². The molecule has 1 aromatic heterocycles. The van der Waals surface area contributed by atoms with Gasteiger partial charge in [0.15, 0.2) is 5.69 Å². The van der Waals surface area contributed by atoms with Gasteiger partial charge in [-0.25, -0.2) is 4.98 Å². The predicted octanol–water partition coefficient (Wildman–Crippen LogP) is -0.342. The van der Waals surface area contributed by atoms with Crippen LogP contribution in [0.2, 0.25) is 0 Å². The number of carbonyl (C=O) groups is 2. The third-order valence-corrected chi connectivity index (χ3v) is 2.10. The normalized spacial score (nSPS) is 10.9. The molecule has 16 heavy (non-hydrogen) atoms. The summed E-state index contributed by atoms with van der Waals surface area (Å²) in [7, 11) is 0. The van der Waals surface area contributed by atoms with Crippen LogP contribution in [0, 0.1) is 0 Å². The Bertz CT molecular complexity index is 429. The van der Waals surface area contributed by atoms with Crippen molar-refractivity contribution in [2.75, 3.05) is 5.73 Å². The summed E-state index contributed by atoms with van der Waals surface area (Å²) in [6.07, 6.45) is 1.45. The maximum absolute atomic E-state index is 11.7. The van der Waals surface area contributed by atoms with E-state index in [1.54, 1.807) is 12.1 Å². The fourth-order valence-electron chi connectivity index (χ4n) is 1.01. The van der Waals surface area contributed by atoms with Crippen molar-refractivity contribution in [3.8, 4) is 0 Å². The first kappa shape index (κ1) is 12.0. The zero-order valence-corrected chi connectivity index (χ0v) is 9.15. The Morgan fingerprint density at radius 1 is 1.44 bits per heavy atom. The maximum Gasteiger partial charge on any atom is 0.272 e. The van der Waals surface area contributed by atoms with Gasteiger partial charge in [0, 0.05) is 6.20 Å². The molecular weight excluding hydrogens is 208 g/mol. The number of pyridine rings is 1. The molecule has 0 unspecified atom stereocenters. The molecule has 0 bridgehead atoms. The van der Waals surface area contributed by atoms with Gasteiger partial charge in [-0.1, -0.05) is 0 Å². The zero-order chi connectivity index (χ0) is 12.3. The average molecular weight is 222 g/mol.